The predicted molar refractivity (Wildman–Crippen MR) is 162 cm³/mol. The summed E-state index contributed by atoms with van der Waals surface area (Å²) < 4.78 is 27.3. The van der Waals surface area contributed by atoms with Crippen molar-refractivity contribution >= 4 is 33.4 Å². The number of amides is 2. The first kappa shape index (κ1) is 30.8. The molecule has 0 aromatic heterocycles. The van der Waals surface area contributed by atoms with Crippen LogP contribution in [-0.4, -0.2) is 49.1 Å². The molecule has 41 heavy (non-hydrogen) atoms. The second kappa shape index (κ2) is 14.6. The van der Waals surface area contributed by atoms with Gasteiger partial charge in [-0.15, -0.1) is 0 Å². The first-order chi connectivity index (χ1) is 19.8. The zero-order valence-electron chi connectivity index (χ0n) is 23.5. The summed E-state index contributed by atoms with van der Waals surface area (Å²) in [5.74, 6) is -0.392. The maximum absolute atomic E-state index is 13.9. The molecule has 1 aliphatic rings. The average Bonchev–Trinajstić information content (AvgIpc) is 3.54. The van der Waals surface area contributed by atoms with E-state index in [1.54, 1.807) is 41.3 Å². The fourth-order valence-corrected chi connectivity index (χ4v) is 6.65. The van der Waals surface area contributed by atoms with Crippen molar-refractivity contribution in [3.05, 3.63) is 101 Å². The van der Waals surface area contributed by atoms with E-state index in [0.717, 1.165) is 42.4 Å². The molecular weight excluding hydrogens is 558 g/mol. The fraction of sp³-hybridized carbons (Fsp3) is 0.375. The molecule has 0 radical (unpaired) electrons. The molecule has 1 saturated heterocycles. The van der Waals surface area contributed by atoms with Gasteiger partial charge in [0.15, 0.2) is 0 Å². The summed E-state index contributed by atoms with van der Waals surface area (Å²) in [6, 6.07) is 22.6. The van der Waals surface area contributed by atoms with E-state index >= 15 is 0 Å². The minimum Gasteiger partial charge on any atom is -0.354 e. The van der Waals surface area contributed by atoms with E-state index in [-0.39, 0.29) is 29.7 Å². The van der Waals surface area contributed by atoms with E-state index in [2.05, 4.69) is 12.2 Å². The Morgan fingerprint density at radius 2 is 1.56 bits per heavy atom. The van der Waals surface area contributed by atoms with E-state index in [1.807, 2.05) is 42.5 Å². The van der Waals surface area contributed by atoms with Crippen LogP contribution in [0.5, 0.6) is 0 Å². The van der Waals surface area contributed by atoms with Gasteiger partial charge in [0.2, 0.25) is 21.8 Å². The van der Waals surface area contributed by atoms with Gasteiger partial charge in [0.05, 0.1) is 4.90 Å². The lowest BCUT2D eigenvalue weighted by atomic mass is 10.0. The van der Waals surface area contributed by atoms with Gasteiger partial charge in [0.25, 0.3) is 0 Å². The molecule has 1 N–H and O–H groups in total. The number of benzene rings is 3. The standard InChI is InChI=1S/C32H38ClN3O4S/c1-2-3-21-34-32(38)31(27-9-5-4-6-10-27)36(24-26-11-16-28(33)17-12-26)30(37)20-15-25-13-18-29(19-14-25)41(39,40)35-22-7-8-23-35/h4-6,9-14,16-19,31H,2-3,7-8,15,20-24H2,1H3,(H,34,38)/t31-/m1/s1. The highest BCUT2D eigenvalue weighted by molar-refractivity contribution is 7.89. The number of sulfonamides is 1. The molecule has 2 amide bonds. The van der Waals surface area contributed by atoms with Crippen LogP contribution < -0.4 is 5.32 Å². The molecule has 1 heterocycles. The normalized spacial score (nSPS) is 14.5. The third-order valence-corrected chi connectivity index (χ3v) is 9.51. The van der Waals surface area contributed by atoms with Gasteiger partial charge in [0.1, 0.15) is 6.04 Å². The van der Waals surface area contributed by atoms with Crippen LogP contribution >= 0.6 is 11.6 Å². The van der Waals surface area contributed by atoms with Crippen molar-refractivity contribution in [1.82, 2.24) is 14.5 Å². The Hall–Kier alpha value is -3.20. The lowest BCUT2D eigenvalue weighted by Gasteiger charge is -2.32. The second-order valence-corrected chi connectivity index (χ2v) is 12.7. The van der Waals surface area contributed by atoms with E-state index in [0.29, 0.717) is 31.1 Å². The molecule has 0 aliphatic carbocycles. The molecule has 0 spiro atoms. The van der Waals surface area contributed by atoms with Crippen molar-refractivity contribution in [3.63, 3.8) is 0 Å². The van der Waals surface area contributed by atoms with Crippen LogP contribution in [-0.2, 0) is 32.6 Å². The highest BCUT2D eigenvalue weighted by atomic mass is 35.5. The van der Waals surface area contributed by atoms with Crippen molar-refractivity contribution in [3.8, 4) is 0 Å². The second-order valence-electron chi connectivity index (χ2n) is 10.4. The number of halogens is 1. The number of carbonyl (C=O) groups is 2. The Morgan fingerprint density at radius 1 is 0.927 bits per heavy atom. The maximum Gasteiger partial charge on any atom is 0.247 e. The number of hydrogen-bond donors (Lipinski definition) is 1. The van der Waals surface area contributed by atoms with Crippen LogP contribution in [0.25, 0.3) is 0 Å². The van der Waals surface area contributed by atoms with E-state index in [9.17, 15) is 18.0 Å². The predicted octanol–water partition coefficient (Wildman–Crippen LogP) is 5.74. The summed E-state index contributed by atoms with van der Waals surface area (Å²) in [5.41, 5.74) is 2.45. The summed E-state index contributed by atoms with van der Waals surface area (Å²) in [6.07, 6.45) is 4.14. The van der Waals surface area contributed by atoms with Crippen molar-refractivity contribution in [2.24, 2.45) is 0 Å². The van der Waals surface area contributed by atoms with Crippen molar-refractivity contribution in [1.29, 1.82) is 0 Å². The Balaban J connectivity index is 1.55. The molecule has 0 saturated carbocycles. The molecule has 1 aliphatic heterocycles. The first-order valence-electron chi connectivity index (χ1n) is 14.2. The van der Waals surface area contributed by atoms with Crippen LogP contribution in [0.1, 0.15) is 61.8 Å². The minimum absolute atomic E-state index is 0.164. The number of nitrogens with one attached hydrogen (secondary N) is 1. The van der Waals surface area contributed by atoms with Gasteiger partial charge in [-0.05, 0) is 66.6 Å². The molecule has 7 nitrogen and oxygen atoms in total. The zero-order chi connectivity index (χ0) is 29.2. The molecule has 0 bridgehead atoms. The smallest absolute Gasteiger partial charge is 0.247 e. The van der Waals surface area contributed by atoms with Crippen molar-refractivity contribution in [2.45, 2.75) is 62.9 Å². The number of aryl methyl sites for hydroxylation is 1. The van der Waals surface area contributed by atoms with Crippen LogP contribution in [0, 0.1) is 0 Å². The lowest BCUT2D eigenvalue weighted by Crippen LogP contribution is -2.43. The topological polar surface area (TPSA) is 86.8 Å². The Labute approximate surface area is 248 Å². The Kier molecular flexibility index (Phi) is 11.0. The van der Waals surface area contributed by atoms with Gasteiger partial charge < -0.3 is 10.2 Å². The highest BCUT2D eigenvalue weighted by Crippen LogP contribution is 2.26. The summed E-state index contributed by atoms with van der Waals surface area (Å²) in [4.78, 5) is 29.3. The SMILES string of the molecule is CCCCNC(=O)[C@@H](c1ccccc1)N(Cc1ccc(Cl)cc1)C(=O)CCc1ccc(S(=O)(=O)N2CCCC2)cc1. The Morgan fingerprint density at radius 3 is 2.20 bits per heavy atom. The molecule has 0 unspecified atom stereocenters. The van der Waals surface area contributed by atoms with Crippen LogP contribution in [0.2, 0.25) is 5.02 Å². The van der Waals surface area contributed by atoms with Gasteiger partial charge in [0, 0.05) is 37.6 Å². The average molecular weight is 596 g/mol. The zero-order valence-corrected chi connectivity index (χ0v) is 25.0. The Bertz CT molecular complexity index is 1390. The summed E-state index contributed by atoms with van der Waals surface area (Å²) in [7, 11) is -3.49. The lowest BCUT2D eigenvalue weighted by molar-refractivity contribution is -0.141. The van der Waals surface area contributed by atoms with Gasteiger partial charge in [-0.2, -0.15) is 4.31 Å². The maximum atomic E-state index is 13.9. The van der Waals surface area contributed by atoms with Gasteiger partial charge in [-0.3, -0.25) is 9.59 Å². The number of unbranched alkanes of at least 4 members (excludes halogenated alkanes) is 1. The van der Waals surface area contributed by atoms with E-state index in [1.165, 1.54) is 4.31 Å². The molecule has 4 rings (SSSR count). The molecule has 3 aromatic rings. The number of nitrogens with zero attached hydrogens (tertiary/aromatic N) is 2. The number of carbonyl (C=O) groups excluding carboxylic acids is 2. The monoisotopic (exact) mass is 595 g/mol. The van der Waals surface area contributed by atoms with Crippen molar-refractivity contribution < 1.29 is 18.0 Å². The summed E-state index contributed by atoms with van der Waals surface area (Å²) in [6.45, 7) is 3.94. The van der Waals surface area contributed by atoms with E-state index in [4.69, 9.17) is 11.6 Å². The van der Waals surface area contributed by atoms with Gasteiger partial charge in [-0.25, -0.2) is 8.42 Å². The third-order valence-electron chi connectivity index (χ3n) is 7.35. The number of rotatable bonds is 13. The van der Waals surface area contributed by atoms with Crippen LogP contribution in [0.3, 0.4) is 0 Å². The molecule has 3 aromatic carbocycles. The molecule has 1 atom stereocenters. The third kappa shape index (κ3) is 8.18. The van der Waals surface area contributed by atoms with E-state index < -0.39 is 16.1 Å². The first-order valence-corrected chi connectivity index (χ1v) is 16.1. The van der Waals surface area contributed by atoms with Gasteiger partial charge in [-0.1, -0.05) is 79.5 Å². The summed E-state index contributed by atoms with van der Waals surface area (Å²) >= 11 is 6.10. The largest absolute Gasteiger partial charge is 0.354 e. The fourth-order valence-electron chi connectivity index (χ4n) is 5.00. The number of hydrogen-bond acceptors (Lipinski definition) is 4. The molecule has 9 heteroatoms. The quantitative estimate of drug-likeness (QED) is 0.255. The highest BCUT2D eigenvalue weighted by Gasteiger charge is 2.31. The molecular formula is C32H38ClN3O4S. The van der Waals surface area contributed by atoms with Gasteiger partial charge >= 0.3 is 0 Å². The van der Waals surface area contributed by atoms with Crippen molar-refractivity contribution in [2.75, 3.05) is 19.6 Å². The van der Waals surface area contributed by atoms with Crippen LogP contribution in [0.15, 0.2) is 83.8 Å². The minimum atomic E-state index is -3.49. The molecule has 1 fully saturated rings. The van der Waals surface area contributed by atoms with Crippen LogP contribution in [0.4, 0.5) is 0 Å². The molecule has 218 valence electrons. The summed E-state index contributed by atoms with van der Waals surface area (Å²) in [5, 5.41) is 3.61.